The maximum absolute atomic E-state index is 6.34. The largest absolute Gasteiger partial charge is 0.415 e. The highest BCUT2D eigenvalue weighted by Crippen LogP contribution is 2.37. The first-order valence-electron chi connectivity index (χ1n) is 7.35. The van der Waals surface area contributed by atoms with Crippen molar-refractivity contribution in [3.05, 3.63) is 21.2 Å². The Hall–Kier alpha value is -0.183. The standard InChI is InChI=1S/C15H23ClIN3OSi/c1-10(9-21-22(5,6)15(2,3)4)20-8-12(17)11-7-18-14(16)19-13(11)20/h7-8,10H,9H2,1-6H3/t10-/m0/s1. The monoisotopic (exact) mass is 451 g/mol. The summed E-state index contributed by atoms with van der Waals surface area (Å²) in [5, 5.41) is 1.52. The summed E-state index contributed by atoms with van der Waals surface area (Å²) in [6.45, 7) is 14.1. The predicted molar refractivity (Wildman–Crippen MR) is 103 cm³/mol. The number of rotatable bonds is 4. The second kappa shape index (κ2) is 6.37. The van der Waals surface area contributed by atoms with Crippen molar-refractivity contribution in [3.8, 4) is 0 Å². The molecule has 2 aromatic heterocycles. The van der Waals surface area contributed by atoms with E-state index in [1.165, 1.54) is 0 Å². The van der Waals surface area contributed by atoms with Crippen LogP contribution in [0.15, 0.2) is 12.4 Å². The summed E-state index contributed by atoms with van der Waals surface area (Å²) in [6, 6.07) is 0.200. The maximum Gasteiger partial charge on any atom is 0.224 e. The van der Waals surface area contributed by atoms with E-state index in [0.717, 1.165) is 14.6 Å². The van der Waals surface area contributed by atoms with Gasteiger partial charge in [0.15, 0.2) is 8.32 Å². The summed E-state index contributed by atoms with van der Waals surface area (Å²) >= 11 is 8.26. The molecule has 0 aliphatic rings. The molecule has 0 aliphatic heterocycles. The van der Waals surface area contributed by atoms with Crippen LogP contribution in [0.3, 0.4) is 0 Å². The summed E-state index contributed by atoms with van der Waals surface area (Å²) < 4.78 is 9.60. The lowest BCUT2D eigenvalue weighted by Crippen LogP contribution is -2.41. The van der Waals surface area contributed by atoms with Crippen molar-refractivity contribution < 1.29 is 4.43 Å². The fraction of sp³-hybridized carbons (Fsp3) is 0.600. The molecule has 0 spiro atoms. The van der Waals surface area contributed by atoms with Crippen molar-refractivity contribution in [2.24, 2.45) is 0 Å². The number of aromatic nitrogens is 3. The van der Waals surface area contributed by atoms with Gasteiger partial charge in [-0.2, -0.15) is 4.98 Å². The SMILES string of the molecule is C[C@@H](CO[Si](C)(C)C(C)(C)C)n1cc(I)c2cnc(Cl)nc21. The molecule has 1 atom stereocenters. The molecule has 22 heavy (non-hydrogen) atoms. The van der Waals surface area contributed by atoms with Crippen molar-refractivity contribution in [3.63, 3.8) is 0 Å². The number of hydrogen-bond acceptors (Lipinski definition) is 3. The highest BCUT2D eigenvalue weighted by atomic mass is 127. The molecule has 0 amide bonds. The third-order valence-corrected chi connectivity index (χ3v) is 10.0. The Labute approximate surface area is 151 Å². The molecule has 2 rings (SSSR count). The average molecular weight is 452 g/mol. The van der Waals surface area contributed by atoms with E-state index >= 15 is 0 Å². The van der Waals surface area contributed by atoms with Crippen LogP contribution in [0, 0.1) is 3.57 Å². The fourth-order valence-electron chi connectivity index (χ4n) is 1.93. The molecule has 0 unspecified atom stereocenters. The first-order valence-corrected chi connectivity index (χ1v) is 11.7. The Kier molecular flexibility index (Phi) is 5.26. The van der Waals surface area contributed by atoms with Gasteiger partial charge in [-0.25, -0.2) is 4.98 Å². The van der Waals surface area contributed by atoms with E-state index in [9.17, 15) is 0 Å². The first-order chi connectivity index (χ1) is 10.0. The zero-order chi connectivity index (χ0) is 16.7. The summed E-state index contributed by atoms with van der Waals surface area (Å²) in [5.41, 5.74) is 0.871. The first kappa shape index (κ1) is 18.2. The van der Waals surface area contributed by atoms with E-state index < -0.39 is 8.32 Å². The minimum atomic E-state index is -1.75. The summed E-state index contributed by atoms with van der Waals surface area (Å²) in [6.07, 6.45) is 3.88. The van der Waals surface area contributed by atoms with Gasteiger partial charge in [0.1, 0.15) is 5.65 Å². The zero-order valence-corrected chi connectivity index (χ0v) is 17.9. The van der Waals surface area contributed by atoms with E-state index in [-0.39, 0.29) is 16.4 Å². The molecular formula is C15H23ClIN3OSi. The molecular weight excluding hydrogens is 429 g/mol. The normalized spacial score (nSPS) is 14.5. The van der Waals surface area contributed by atoms with E-state index in [2.05, 4.69) is 84.1 Å². The Bertz CT molecular complexity index is 681. The van der Waals surface area contributed by atoms with Crippen LogP contribution in [0.1, 0.15) is 33.7 Å². The van der Waals surface area contributed by atoms with Crippen LogP contribution in [0.25, 0.3) is 11.0 Å². The smallest absolute Gasteiger partial charge is 0.224 e. The molecule has 0 bridgehead atoms. The minimum Gasteiger partial charge on any atom is -0.415 e. The molecule has 0 saturated carbocycles. The van der Waals surface area contributed by atoms with Crippen molar-refractivity contribution in [2.75, 3.05) is 6.61 Å². The minimum absolute atomic E-state index is 0.200. The number of nitrogens with zero attached hydrogens (tertiary/aromatic N) is 3. The van der Waals surface area contributed by atoms with Gasteiger partial charge in [-0.05, 0) is 59.2 Å². The van der Waals surface area contributed by atoms with E-state index in [4.69, 9.17) is 16.0 Å². The zero-order valence-electron chi connectivity index (χ0n) is 13.9. The van der Waals surface area contributed by atoms with Gasteiger partial charge in [0, 0.05) is 16.0 Å². The van der Waals surface area contributed by atoms with Crippen LogP contribution >= 0.6 is 34.2 Å². The lowest BCUT2D eigenvalue weighted by Gasteiger charge is -2.37. The maximum atomic E-state index is 6.34. The average Bonchev–Trinajstić information content (AvgIpc) is 2.71. The molecule has 2 aromatic rings. The Morgan fingerprint density at radius 3 is 2.64 bits per heavy atom. The molecule has 7 heteroatoms. The van der Waals surface area contributed by atoms with Gasteiger partial charge < -0.3 is 8.99 Å². The molecule has 2 heterocycles. The number of fused-ring (bicyclic) bond motifs is 1. The lowest BCUT2D eigenvalue weighted by molar-refractivity contribution is 0.241. The summed E-state index contributed by atoms with van der Waals surface area (Å²) in [7, 11) is -1.75. The van der Waals surface area contributed by atoms with Crippen molar-refractivity contribution in [1.29, 1.82) is 0 Å². The Morgan fingerprint density at radius 2 is 2.05 bits per heavy atom. The van der Waals surface area contributed by atoms with Crippen molar-refractivity contribution >= 4 is 53.5 Å². The third kappa shape index (κ3) is 3.65. The molecule has 0 fully saturated rings. The van der Waals surface area contributed by atoms with Crippen LogP contribution < -0.4 is 0 Å². The van der Waals surface area contributed by atoms with Crippen LogP contribution in [-0.4, -0.2) is 29.5 Å². The highest BCUT2D eigenvalue weighted by Gasteiger charge is 2.37. The second-order valence-corrected chi connectivity index (χ2v) is 13.5. The lowest BCUT2D eigenvalue weighted by atomic mass is 10.2. The van der Waals surface area contributed by atoms with Gasteiger partial charge in [0.2, 0.25) is 5.28 Å². The van der Waals surface area contributed by atoms with Crippen molar-refractivity contribution in [1.82, 2.24) is 14.5 Å². The Morgan fingerprint density at radius 1 is 1.41 bits per heavy atom. The Balaban J connectivity index is 2.24. The van der Waals surface area contributed by atoms with E-state index in [1.54, 1.807) is 6.20 Å². The van der Waals surface area contributed by atoms with Crippen LogP contribution in [0.5, 0.6) is 0 Å². The van der Waals surface area contributed by atoms with Crippen LogP contribution in [-0.2, 0) is 4.43 Å². The predicted octanol–water partition coefficient (Wildman–Crippen LogP) is 5.27. The molecule has 4 nitrogen and oxygen atoms in total. The molecule has 0 N–H and O–H groups in total. The molecule has 0 saturated heterocycles. The summed E-state index contributed by atoms with van der Waals surface area (Å²) in [4.78, 5) is 8.45. The van der Waals surface area contributed by atoms with E-state index in [1.807, 2.05) is 0 Å². The van der Waals surface area contributed by atoms with Gasteiger partial charge in [-0.15, -0.1) is 0 Å². The van der Waals surface area contributed by atoms with Crippen LogP contribution in [0.4, 0.5) is 0 Å². The fourth-order valence-corrected chi connectivity index (χ4v) is 3.83. The van der Waals surface area contributed by atoms with Gasteiger partial charge >= 0.3 is 0 Å². The van der Waals surface area contributed by atoms with Gasteiger partial charge in [-0.1, -0.05) is 20.8 Å². The molecule has 0 aromatic carbocycles. The molecule has 122 valence electrons. The topological polar surface area (TPSA) is 39.9 Å². The summed E-state index contributed by atoms with van der Waals surface area (Å²) in [5.74, 6) is 0. The van der Waals surface area contributed by atoms with Crippen LogP contribution in [0.2, 0.25) is 23.4 Å². The van der Waals surface area contributed by atoms with Gasteiger partial charge in [0.25, 0.3) is 0 Å². The van der Waals surface area contributed by atoms with Gasteiger partial charge in [-0.3, -0.25) is 0 Å². The number of hydrogen-bond donors (Lipinski definition) is 0. The second-order valence-electron chi connectivity index (χ2n) is 7.18. The third-order valence-electron chi connectivity index (χ3n) is 4.46. The van der Waals surface area contributed by atoms with Gasteiger partial charge in [0.05, 0.1) is 18.0 Å². The molecule has 0 radical (unpaired) electrons. The van der Waals surface area contributed by atoms with Crippen molar-refractivity contribution in [2.45, 2.75) is 51.9 Å². The quantitative estimate of drug-likeness (QED) is 0.361. The molecule has 0 aliphatic carbocycles. The highest BCUT2D eigenvalue weighted by molar-refractivity contribution is 14.1. The van der Waals surface area contributed by atoms with E-state index in [0.29, 0.717) is 6.61 Å². The number of halogens is 2.